The standard InChI is InChI=1S/C11H9ClF3N3O3/c1-10(2,11(13,14)15)16-9(20)5-3-4-6(21-5)7(12)17-18-8(4)19/h3H,1-2H3,(H,16,20)(H,18,19). The van der Waals surface area contributed by atoms with Gasteiger partial charge in [0, 0.05) is 6.07 Å². The second kappa shape index (κ2) is 4.76. The van der Waals surface area contributed by atoms with E-state index in [0.29, 0.717) is 0 Å². The second-order valence-electron chi connectivity index (χ2n) is 4.77. The van der Waals surface area contributed by atoms with Gasteiger partial charge in [0.25, 0.3) is 11.5 Å². The van der Waals surface area contributed by atoms with Crippen molar-refractivity contribution < 1.29 is 22.4 Å². The Kier molecular flexibility index (Phi) is 3.48. The topological polar surface area (TPSA) is 88.0 Å². The number of hydrogen-bond donors (Lipinski definition) is 2. The molecule has 114 valence electrons. The van der Waals surface area contributed by atoms with Crippen LogP contribution in [0.25, 0.3) is 11.0 Å². The predicted molar refractivity (Wildman–Crippen MR) is 67.2 cm³/mol. The lowest BCUT2D eigenvalue weighted by Crippen LogP contribution is -2.54. The first kappa shape index (κ1) is 15.4. The van der Waals surface area contributed by atoms with Gasteiger partial charge in [0.1, 0.15) is 5.54 Å². The molecular weight excluding hydrogens is 315 g/mol. The molecule has 0 fully saturated rings. The zero-order valence-corrected chi connectivity index (χ0v) is 11.5. The SMILES string of the molecule is CC(C)(NC(=O)c1cc2c(=O)[nH]nc(Cl)c2o1)C(F)(F)F. The molecule has 0 saturated carbocycles. The van der Waals surface area contributed by atoms with E-state index >= 15 is 0 Å². The van der Waals surface area contributed by atoms with Crippen LogP contribution in [0.4, 0.5) is 13.2 Å². The van der Waals surface area contributed by atoms with Gasteiger partial charge in [0.05, 0.1) is 5.39 Å². The van der Waals surface area contributed by atoms with E-state index in [-0.39, 0.29) is 16.1 Å². The van der Waals surface area contributed by atoms with Crippen LogP contribution >= 0.6 is 11.6 Å². The van der Waals surface area contributed by atoms with E-state index < -0.39 is 28.9 Å². The number of hydrogen-bond acceptors (Lipinski definition) is 4. The molecule has 2 rings (SSSR count). The normalized spacial score (nSPS) is 12.7. The van der Waals surface area contributed by atoms with E-state index in [9.17, 15) is 22.8 Å². The summed E-state index contributed by atoms with van der Waals surface area (Å²) in [5.74, 6) is -1.59. The van der Waals surface area contributed by atoms with Crippen molar-refractivity contribution in [1.29, 1.82) is 0 Å². The van der Waals surface area contributed by atoms with Crippen LogP contribution in [0.5, 0.6) is 0 Å². The Morgan fingerprint density at radius 3 is 2.57 bits per heavy atom. The summed E-state index contributed by atoms with van der Waals surface area (Å²) in [6.45, 7) is 1.60. The van der Waals surface area contributed by atoms with Crippen molar-refractivity contribution in [3.05, 3.63) is 27.3 Å². The van der Waals surface area contributed by atoms with Gasteiger partial charge in [-0.2, -0.15) is 18.3 Å². The lowest BCUT2D eigenvalue weighted by atomic mass is 10.1. The number of nitrogens with one attached hydrogen (secondary N) is 2. The molecule has 21 heavy (non-hydrogen) atoms. The van der Waals surface area contributed by atoms with Gasteiger partial charge in [-0.05, 0) is 13.8 Å². The number of H-pyrrole nitrogens is 1. The Balaban J connectivity index is 2.40. The number of aromatic nitrogens is 2. The number of fused-ring (bicyclic) bond motifs is 1. The van der Waals surface area contributed by atoms with Crippen LogP contribution in [0.1, 0.15) is 24.4 Å². The van der Waals surface area contributed by atoms with Crippen molar-refractivity contribution in [2.24, 2.45) is 0 Å². The van der Waals surface area contributed by atoms with Crippen molar-refractivity contribution in [1.82, 2.24) is 15.5 Å². The van der Waals surface area contributed by atoms with Crippen LogP contribution in [-0.2, 0) is 0 Å². The van der Waals surface area contributed by atoms with E-state index in [2.05, 4.69) is 10.2 Å². The molecule has 0 saturated heterocycles. The van der Waals surface area contributed by atoms with Crippen molar-refractivity contribution in [2.75, 3.05) is 0 Å². The van der Waals surface area contributed by atoms with Crippen molar-refractivity contribution in [3.63, 3.8) is 0 Å². The third kappa shape index (κ3) is 2.73. The molecule has 0 spiro atoms. The number of amides is 1. The maximum absolute atomic E-state index is 12.7. The maximum Gasteiger partial charge on any atom is 0.410 e. The van der Waals surface area contributed by atoms with Gasteiger partial charge in [-0.1, -0.05) is 11.6 Å². The van der Waals surface area contributed by atoms with Crippen molar-refractivity contribution in [2.45, 2.75) is 25.6 Å². The van der Waals surface area contributed by atoms with Gasteiger partial charge in [-0.25, -0.2) is 5.10 Å². The van der Waals surface area contributed by atoms with E-state index in [1.165, 1.54) is 0 Å². The summed E-state index contributed by atoms with van der Waals surface area (Å²) < 4.78 is 43.1. The largest absolute Gasteiger partial charge is 0.447 e. The van der Waals surface area contributed by atoms with Crippen LogP contribution in [0.15, 0.2) is 15.3 Å². The van der Waals surface area contributed by atoms with Crippen LogP contribution < -0.4 is 10.9 Å². The highest BCUT2D eigenvalue weighted by molar-refractivity contribution is 6.33. The van der Waals surface area contributed by atoms with E-state index in [1.807, 2.05) is 0 Å². The third-order valence-corrected chi connectivity index (χ3v) is 3.03. The third-order valence-electron chi connectivity index (χ3n) is 2.78. The highest BCUT2D eigenvalue weighted by Gasteiger charge is 2.48. The molecule has 6 nitrogen and oxygen atoms in total. The van der Waals surface area contributed by atoms with Crippen molar-refractivity contribution in [3.8, 4) is 0 Å². The molecule has 0 bridgehead atoms. The zero-order chi connectivity index (χ0) is 16.0. The molecule has 2 aromatic heterocycles. The van der Waals surface area contributed by atoms with E-state index in [4.69, 9.17) is 16.0 Å². The lowest BCUT2D eigenvalue weighted by Gasteiger charge is -2.28. The molecule has 2 N–H and O–H groups in total. The zero-order valence-electron chi connectivity index (χ0n) is 10.8. The first-order valence-corrected chi connectivity index (χ1v) is 5.97. The van der Waals surface area contributed by atoms with Gasteiger partial charge < -0.3 is 9.73 Å². The summed E-state index contributed by atoms with van der Waals surface area (Å²) in [5, 5.41) is 6.96. The summed E-state index contributed by atoms with van der Waals surface area (Å²) in [6.07, 6.45) is -4.65. The fraction of sp³-hybridized carbons (Fsp3) is 0.364. The Labute approximate surface area is 120 Å². The number of rotatable bonds is 2. The summed E-state index contributed by atoms with van der Waals surface area (Å²) in [7, 11) is 0. The number of carbonyl (C=O) groups is 1. The minimum Gasteiger partial charge on any atom is -0.447 e. The molecule has 10 heteroatoms. The van der Waals surface area contributed by atoms with Gasteiger partial charge in [-0.15, -0.1) is 0 Å². The monoisotopic (exact) mass is 323 g/mol. The first-order valence-electron chi connectivity index (χ1n) is 5.60. The maximum atomic E-state index is 12.7. The minimum atomic E-state index is -4.65. The summed E-state index contributed by atoms with van der Waals surface area (Å²) >= 11 is 5.67. The number of halogens is 4. The number of carbonyl (C=O) groups excluding carboxylic acids is 1. The Morgan fingerprint density at radius 2 is 2.05 bits per heavy atom. The lowest BCUT2D eigenvalue weighted by molar-refractivity contribution is -0.182. The molecule has 0 aliphatic heterocycles. The number of furan rings is 1. The van der Waals surface area contributed by atoms with Crippen LogP contribution in [-0.4, -0.2) is 27.8 Å². The second-order valence-corrected chi connectivity index (χ2v) is 5.13. The Morgan fingerprint density at radius 1 is 1.43 bits per heavy atom. The predicted octanol–water partition coefficient (Wildman–Crippen LogP) is 2.24. The fourth-order valence-corrected chi connectivity index (χ4v) is 1.63. The quantitative estimate of drug-likeness (QED) is 0.887. The van der Waals surface area contributed by atoms with Crippen LogP contribution in [0.3, 0.4) is 0 Å². The Bertz CT molecular complexity index is 763. The summed E-state index contributed by atoms with van der Waals surface area (Å²) in [6, 6.07) is 1.00. The molecule has 0 aromatic carbocycles. The smallest absolute Gasteiger partial charge is 0.410 e. The summed E-state index contributed by atoms with van der Waals surface area (Å²) in [4.78, 5) is 23.3. The Hall–Kier alpha value is -2.03. The molecule has 0 aliphatic carbocycles. The van der Waals surface area contributed by atoms with Gasteiger partial charge in [-0.3, -0.25) is 9.59 Å². The highest BCUT2D eigenvalue weighted by atomic mass is 35.5. The van der Waals surface area contributed by atoms with Crippen molar-refractivity contribution >= 4 is 28.5 Å². The van der Waals surface area contributed by atoms with Crippen LogP contribution in [0.2, 0.25) is 5.15 Å². The molecule has 0 aliphatic rings. The molecule has 2 heterocycles. The van der Waals surface area contributed by atoms with Gasteiger partial charge in [0.2, 0.25) is 0 Å². The fourth-order valence-electron chi connectivity index (χ4n) is 1.45. The molecule has 0 radical (unpaired) electrons. The minimum absolute atomic E-state index is 0.0787. The average molecular weight is 324 g/mol. The summed E-state index contributed by atoms with van der Waals surface area (Å²) in [5.41, 5.74) is -3.31. The molecular formula is C11H9ClF3N3O3. The molecule has 0 unspecified atom stereocenters. The number of alkyl halides is 3. The van der Waals surface area contributed by atoms with E-state index in [0.717, 1.165) is 19.9 Å². The highest BCUT2D eigenvalue weighted by Crippen LogP contribution is 2.30. The molecule has 0 atom stereocenters. The van der Waals surface area contributed by atoms with Gasteiger partial charge in [0.15, 0.2) is 16.5 Å². The number of nitrogens with zero attached hydrogens (tertiary/aromatic N) is 1. The van der Waals surface area contributed by atoms with Gasteiger partial charge >= 0.3 is 6.18 Å². The average Bonchev–Trinajstić information content (AvgIpc) is 2.78. The molecule has 2 aromatic rings. The molecule has 1 amide bonds. The first-order chi connectivity index (χ1) is 9.53. The van der Waals surface area contributed by atoms with E-state index in [1.54, 1.807) is 5.32 Å². The number of aromatic amines is 1. The van der Waals surface area contributed by atoms with Crippen LogP contribution in [0, 0.1) is 0 Å².